The smallest absolute Gasteiger partial charge is 0.309 e. The Labute approximate surface area is 343 Å². The third-order valence-electron chi connectivity index (χ3n) is 8.99. The van der Waals surface area contributed by atoms with E-state index >= 15 is 0 Å². The van der Waals surface area contributed by atoms with Gasteiger partial charge in [-0.05, 0) is 44.9 Å². The van der Waals surface area contributed by atoms with E-state index in [1.807, 2.05) is 60.8 Å². The molecule has 0 aliphatic heterocycles. The predicted octanol–water partition coefficient (Wildman–Crippen LogP) is 14.2. The number of rotatable bonds is 38. The molecule has 0 saturated carbocycles. The zero-order valence-electron chi connectivity index (χ0n) is 35.9. The molecular weight excluding hydrogens is 697 g/mol. The molecule has 1 unspecified atom stereocenters. The highest BCUT2D eigenvalue weighted by molar-refractivity contribution is 5.72. The summed E-state index contributed by atoms with van der Waals surface area (Å²) >= 11 is 0. The first kappa shape index (κ1) is 52.3. The first-order valence-corrected chi connectivity index (χ1v) is 22.3. The van der Waals surface area contributed by atoms with Crippen molar-refractivity contribution in [2.75, 3.05) is 13.2 Å². The molecule has 0 spiro atoms. The summed E-state index contributed by atoms with van der Waals surface area (Å²) in [6.07, 6.45) is 57.2. The monoisotopic (exact) mass is 777 g/mol. The van der Waals surface area contributed by atoms with E-state index in [0.29, 0.717) is 12.8 Å². The van der Waals surface area contributed by atoms with E-state index in [9.17, 15) is 14.4 Å². The van der Waals surface area contributed by atoms with E-state index in [2.05, 4.69) is 51.2 Å². The molecule has 0 aliphatic carbocycles. The Morgan fingerprint density at radius 2 is 0.839 bits per heavy atom. The predicted molar refractivity (Wildman–Crippen MR) is 237 cm³/mol. The van der Waals surface area contributed by atoms with Crippen LogP contribution in [0, 0.1) is 0 Å². The van der Waals surface area contributed by atoms with Crippen LogP contribution in [0.25, 0.3) is 0 Å². The molecule has 0 radical (unpaired) electrons. The number of carbonyl (C=O) groups excluding carboxylic acids is 3. The van der Waals surface area contributed by atoms with Crippen LogP contribution in [0.5, 0.6) is 0 Å². The summed E-state index contributed by atoms with van der Waals surface area (Å²) in [7, 11) is 0. The Bertz CT molecular complexity index is 1170. The van der Waals surface area contributed by atoms with Gasteiger partial charge in [-0.25, -0.2) is 0 Å². The van der Waals surface area contributed by atoms with Crippen LogP contribution >= 0.6 is 0 Å². The van der Waals surface area contributed by atoms with Crippen LogP contribution < -0.4 is 0 Å². The number of hydrogen-bond acceptors (Lipinski definition) is 6. The molecule has 0 amide bonds. The van der Waals surface area contributed by atoms with Crippen LogP contribution in [0.1, 0.15) is 181 Å². The zero-order valence-corrected chi connectivity index (χ0v) is 35.9. The molecule has 0 rings (SSSR count). The summed E-state index contributed by atoms with van der Waals surface area (Å²) < 4.78 is 16.5. The average molecular weight is 777 g/mol. The van der Waals surface area contributed by atoms with E-state index in [1.54, 1.807) is 6.08 Å². The number of ether oxygens (including phenoxy) is 3. The standard InChI is InChI=1S/C50H80O6/c1-4-7-10-13-16-19-21-23-24-25-27-28-31-34-37-40-43-49(52)55-46-47(45-54-48(51)42-39-36-33-30-18-15-12-9-6-3)56-50(53)44-41-38-35-32-29-26-22-20-17-14-11-8-5-2/h8-9,11-12,14,17-18,20,22,26,29-30,32,35-36,39,47H,4-7,10,13,15-16,19,21,23-25,27-28,31,33-34,37-38,40-46H2,1-3H3/b11-8-,12-9-,17-14-,22-20-,29-26-,30-18-,35-32-,39-36-. The summed E-state index contributed by atoms with van der Waals surface area (Å²) in [6.45, 7) is 6.19. The Morgan fingerprint density at radius 3 is 1.38 bits per heavy atom. The van der Waals surface area contributed by atoms with Crippen LogP contribution in [-0.4, -0.2) is 37.2 Å². The van der Waals surface area contributed by atoms with E-state index in [1.165, 1.54) is 83.5 Å². The second-order valence-corrected chi connectivity index (χ2v) is 14.3. The topological polar surface area (TPSA) is 78.9 Å². The summed E-state index contributed by atoms with van der Waals surface area (Å²) in [6, 6.07) is 0. The largest absolute Gasteiger partial charge is 0.462 e. The van der Waals surface area contributed by atoms with E-state index < -0.39 is 18.0 Å². The molecule has 0 N–H and O–H groups in total. The van der Waals surface area contributed by atoms with Gasteiger partial charge in [-0.3, -0.25) is 14.4 Å². The minimum absolute atomic E-state index is 0.118. The van der Waals surface area contributed by atoms with Crippen molar-refractivity contribution in [3.05, 3.63) is 97.2 Å². The van der Waals surface area contributed by atoms with Gasteiger partial charge in [0.2, 0.25) is 0 Å². The van der Waals surface area contributed by atoms with Gasteiger partial charge in [-0.15, -0.1) is 0 Å². The van der Waals surface area contributed by atoms with Crippen molar-refractivity contribution in [2.45, 2.75) is 187 Å². The second-order valence-electron chi connectivity index (χ2n) is 14.3. The average Bonchev–Trinajstić information content (AvgIpc) is 3.19. The Balaban J connectivity index is 4.51. The molecule has 0 aromatic rings. The molecule has 0 fully saturated rings. The lowest BCUT2D eigenvalue weighted by Gasteiger charge is -2.18. The van der Waals surface area contributed by atoms with Crippen molar-refractivity contribution < 1.29 is 28.6 Å². The molecule has 0 aromatic carbocycles. The summed E-state index contributed by atoms with van der Waals surface area (Å²) in [5.41, 5.74) is 0. The molecule has 0 aromatic heterocycles. The van der Waals surface area contributed by atoms with Gasteiger partial charge in [0.1, 0.15) is 13.2 Å². The fourth-order valence-corrected chi connectivity index (χ4v) is 5.71. The fraction of sp³-hybridized carbons (Fsp3) is 0.620. The number of allylic oxidation sites excluding steroid dienone is 15. The molecule has 0 aliphatic rings. The Hall–Kier alpha value is -3.67. The van der Waals surface area contributed by atoms with Gasteiger partial charge < -0.3 is 14.2 Å². The minimum atomic E-state index is -0.846. The highest BCUT2D eigenvalue weighted by Gasteiger charge is 2.19. The van der Waals surface area contributed by atoms with Crippen LogP contribution in [0.4, 0.5) is 0 Å². The molecule has 316 valence electrons. The SMILES string of the molecule is CC\C=C/C=C\C=C/C=C\C=C/CCCC(=O)OC(COC(=O)C/C=C\C/C=C\C/C=C\CC)COC(=O)CCCCCCCCCCCCCCCCCC. The van der Waals surface area contributed by atoms with E-state index in [0.717, 1.165) is 51.4 Å². The van der Waals surface area contributed by atoms with Gasteiger partial charge in [-0.2, -0.15) is 0 Å². The van der Waals surface area contributed by atoms with Gasteiger partial charge in [0.25, 0.3) is 0 Å². The van der Waals surface area contributed by atoms with Gasteiger partial charge in [0.15, 0.2) is 6.10 Å². The van der Waals surface area contributed by atoms with E-state index in [-0.39, 0.29) is 32.0 Å². The maximum absolute atomic E-state index is 12.7. The van der Waals surface area contributed by atoms with Crippen molar-refractivity contribution in [3.8, 4) is 0 Å². The van der Waals surface area contributed by atoms with Gasteiger partial charge in [-0.1, -0.05) is 214 Å². The number of esters is 3. The van der Waals surface area contributed by atoms with E-state index in [4.69, 9.17) is 14.2 Å². The Morgan fingerprint density at radius 1 is 0.411 bits per heavy atom. The minimum Gasteiger partial charge on any atom is -0.462 e. The van der Waals surface area contributed by atoms with Gasteiger partial charge >= 0.3 is 17.9 Å². The lowest BCUT2D eigenvalue weighted by molar-refractivity contribution is -0.166. The molecule has 6 heteroatoms. The molecule has 0 saturated heterocycles. The number of hydrogen-bond donors (Lipinski definition) is 0. The second kappa shape index (κ2) is 44.0. The zero-order chi connectivity index (χ0) is 40.8. The maximum atomic E-state index is 12.7. The lowest BCUT2D eigenvalue weighted by Crippen LogP contribution is -2.30. The van der Waals surface area contributed by atoms with Crippen molar-refractivity contribution in [1.82, 2.24) is 0 Å². The van der Waals surface area contributed by atoms with Crippen molar-refractivity contribution in [2.24, 2.45) is 0 Å². The summed E-state index contributed by atoms with van der Waals surface area (Å²) in [5.74, 6) is -1.15. The first-order valence-electron chi connectivity index (χ1n) is 22.3. The normalized spacial score (nSPS) is 13.0. The third kappa shape index (κ3) is 41.5. The molecule has 6 nitrogen and oxygen atoms in total. The number of carbonyl (C=O) groups is 3. The molecule has 1 atom stereocenters. The van der Waals surface area contributed by atoms with Crippen LogP contribution in [0.3, 0.4) is 0 Å². The molecule has 0 bridgehead atoms. The third-order valence-corrected chi connectivity index (χ3v) is 8.99. The van der Waals surface area contributed by atoms with Gasteiger partial charge in [0, 0.05) is 12.8 Å². The van der Waals surface area contributed by atoms with Crippen LogP contribution in [0.15, 0.2) is 97.2 Å². The lowest BCUT2D eigenvalue weighted by atomic mass is 10.0. The summed E-state index contributed by atoms with van der Waals surface area (Å²) in [4.78, 5) is 37.6. The summed E-state index contributed by atoms with van der Waals surface area (Å²) in [5, 5.41) is 0. The first-order chi connectivity index (χ1) is 27.5. The maximum Gasteiger partial charge on any atom is 0.309 e. The van der Waals surface area contributed by atoms with Gasteiger partial charge in [0.05, 0.1) is 6.42 Å². The highest BCUT2D eigenvalue weighted by Crippen LogP contribution is 2.14. The quantitative estimate of drug-likeness (QED) is 0.0204. The van der Waals surface area contributed by atoms with Crippen LogP contribution in [0.2, 0.25) is 0 Å². The number of unbranched alkanes of at least 4 members (excludes halogenated alkanes) is 16. The molecule has 0 heterocycles. The van der Waals surface area contributed by atoms with Crippen molar-refractivity contribution in [3.63, 3.8) is 0 Å². The van der Waals surface area contributed by atoms with Crippen molar-refractivity contribution in [1.29, 1.82) is 0 Å². The molecule has 56 heavy (non-hydrogen) atoms. The Kier molecular flexibility index (Phi) is 41.2. The fourth-order valence-electron chi connectivity index (χ4n) is 5.71. The molecular formula is C50H80O6. The van der Waals surface area contributed by atoms with Crippen molar-refractivity contribution >= 4 is 17.9 Å². The highest BCUT2D eigenvalue weighted by atomic mass is 16.6. The van der Waals surface area contributed by atoms with Crippen LogP contribution in [-0.2, 0) is 28.6 Å².